The fourth-order valence-electron chi connectivity index (χ4n) is 2.93. The topological polar surface area (TPSA) is 50.5 Å². The van der Waals surface area contributed by atoms with Crippen LogP contribution in [0.1, 0.15) is 32.7 Å². The lowest BCUT2D eigenvalue weighted by Crippen LogP contribution is -2.39. The summed E-state index contributed by atoms with van der Waals surface area (Å²) in [6, 6.07) is 6.49. The van der Waals surface area contributed by atoms with Gasteiger partial charge in [0.05, 0.1) is 11.6 Å². The van der Waals surface area contributed by atoms with Crippen LogP contribution in [0.5, 0.6) is 0 Å². The average molecular weight is 272 g/mol. The number of aromatic nitrogens is 2. The third-order valence-electron chi connectivity index (χ3n) is 4.22. The van der Waals surface area contributed by atoms with Gasteiger partial charge < -0.3 is 4.90 Å². The van der Waals surface area contributed by atoms with Gasteiger partial charge in [-0.3, -0.25) is 4.68 Å². The van der Waals surface area contributed by atoms with Gasteiger partial charge in [0.1, 0.15) is 5.69 Å². The smallest absolute Gasteiger partial charge is 0.110 e. The van der Waals surface area contributed by atoms with Gasteiger partial charge in [0.25, 0.3) is 0 Å². The molecular weight excluding hydrogens is 252 g/mol. The molecular formula is C15H20N4O. The molecule has 106 valence electrons. The van der Waals surface area contributed by atoms with Crippen LogP contribution in [0.25, 0.3) is 10.9 Å². The summed E-state index contributed by atoms with van der Waals surface area (Å²) in [5.41, 5.74) is 1.30. The predicted molar refractivity (Wildman–Crippen MR) is 80.2 cm³/mol. The lowest BCUT2D eigenvalue weighted by atomic mass is 10.0. The van der Waals surface area contributed by atoms with Crippen LogP contribution >= 0.6 is 0 Å². The monoisotopic (exact) mass is 272 g/mol. The van der Waals surface area contributed by atoms with E-state index in [0.29, 0.717) is 17.8 Å². The molecule has 1 fully saturated rings. The number of hydrogen-bond donors (Lipinski definition) is 0. The van der Waals surface area contributed by atoms with E-state index in [0.717, 1.165) is 36.8 Å². The molecule has 0 amide bonds. The number of likely N-dealkylation sites (tertiary alicyclic amines) is 1. The number of piperidine rings is 1. The predicted octanol–water partition coefficient (Wildman–Crippen LogP) is 3.48. The van der Waals surface area contributed by atoms with Crippen LogP contribution in [-0.4, -0.2) is 33.8 Å². The Morgan fingerprint density at radius 1 is 1.30 bits per heavy atom. The summed E-state index contributed by atoms with van der Waals surface area (Å²) >= 11 is 0. The van der Waals surface area contributed by atoms with Gasteiger partial charge in [-0.15, -0.1) is 4.91 Å². The normalized spacial score (nSPS) is 17.9. The summed E-state index contributed by atoms with van der Waals surface area (Å²) in [6.45, 7) is 6.74. The lowest BCUT2D eigenvalue weighted by Gasteiger charge is -2.34. The molecule has 2 heterocycles. The van der Waals surface area contributed by atoms with Crippen molar-refractivity contribution in [3.05, 3.63) is 29.3 Å². The van der Waals surface area contributed by atoms with Crippen LogP contribution in [0.4, 0.5) is 5.69 Å². The molecule has 0 bridgehead atoms. The van der Waals surface area contributed by atoms with E-state index in [1.165, 1.54) is 0 Å². The molecule has 3 rings (SSSR count). The van der Waals surface area contributed by atoms with Crippen LogP contribution in [-0.2, 0) is 0 Å². The number of fused-ring (bicyclic) bond motifs is 1. The maximum absolute atomic E-state index is 10.6. The van der Waals surface area contributed by atoms with Gasteiger partial charge in [0.2, 0.25) is 0 Å². The molecule has 1 saturated heterocycles. The summed E-state index contributed by atoms with van der Waals surface area (Å²) in [5, 5.41) is 8.65. The highest BCUT2D eigenvalue weighted by Gasteiger charge is 2.22. The molecule has 0 spiro atoms. The Labute approximate surface area is 118 Å². The van der Waals surface area contributed by atoms with E-state index in [9.17, 15) is 4.91 Å². The molecule has 0 N–H and O–H groups in total. The van der Waals surface area contributed by atoms with Crippen LogP contribution in [0, 0.1) is 4.91 Å². The Kier molecular flexibility index (Phi) is 3.53. The fourth-order valence-corrected chi connectivity index (χ4v) is 2.93. The maximum atomic E-state index is 10.6. The molecule has 1 aliphatic rings. The van der Waals surface area contributed by atoms with Crippen molar-refractivity contribution in [1.82, 2.24) is 14.7 Å². The fraction of sp³-hybridized carbons (Fsp3) is 0.533. The van der Waals surface area contributed by atoms with E-state index in [1.807, 2.05) is 6.07 Å². The second-order valence-electron chi connectivity index (χ2n) is 5.80. The van der Waals surface area contributed by atoms with E-state index in [-0.39, 0.29) is 0 Å². The molecule has 0 aliphatic carbocycles. The Balaban J connectivity index is 1.79. The molecule has 20 heavy (non-hydrogen) atoms. The summed E-state index contributed by atoms with van der Waals surface area (Å²) in [4.78, 5) is 13.1. The highest BCUT2D eigenvalue weighted by atomic mass is 16.3. The zero-order valence-corrected chi connectivity index (χ0v) is 12.0. The SMILES string of the molecule is CC(C)N1CCC(n2cc3ccc(N=O)cc3n2)CC1. The highest BCUT2D eigenvalue weighted by Crippen LogP contribution is 2.26. The van der Waals surface area contributed by atoms with Gasteiger partial charge in [-0.25, -0.2) is 0 Å². The molecule has 0 saturated carbocycles. The first kappa shape index (κ1) is 13.2. The minimum Gasteiger partial charge on any atom is -0.301 e. The summed E-state index contributed by atoms with van der Waals surface area (Å²) in [5.74, 6) is 0. The Morgan fingerprint density at radius 2 is 2.05 bits per heavy atom. The highest BCUT2D eigenvalue weighted by molar-refractivity contribution is 5.81. The molecule has 1 aromatic carbocycles. The first-order valence-corrected chi connectivity index (χ1v) is 7.23. The van der Waals surface area contributed by atoms with E-state index >= 15 is 0 Å². The number of rotatable bonds is 3. The number of nitrogens with zero attached hydrogens (tertiary/aromatic N) is 4. The number of hydrogen-bond acceptors (Lipinski definition) is 4. The zero-order chi connectivity index (χ0) is 14.1. The van der Waals surface area contributed by atoms with Crippen molar-refractivity contribution >= 4 is 16.6 Å². The van der Waals surface area contributed by atoms with Crippen molar-refractivity contribution in [2.45, 2.75) is 38.8 Å². The second kappa shape index (κ2) is 5.32. The molecule has 5 heteroatoms. The number of nitroso groups, excluding NO2 is 1. The van der Waals surface area contributed by atoms with Crippen LogP contribution in [0.2, 0.25) is 0 Å². The van der Waals surface area contributed by atoms with Crippen LogP contribution < -0.4 is 0 Å². The van der Waals surface area contributed by atoms with Crippen molar-refractivity contribution in [2.24, 2.45) is 5.18 Å². The van der Waals surface area contributed by atoms with Gasteiger partial charge in [-0.2, -0.15) is 5.10 Å². The van der Waals surface area contributed by atoms with E-state index in [2.05, 4.69) is 39.9 Å². The lowest BCUT2D eigenvalue weighted by molar-refractivity contribution is 0.147. The maximum Gasteiger partial charge on any atom is 0.110 e. The molecule has 0 unspecified atom stereocenters. The van der Waals surface area contributed by atoms with Gasteiger partial charge in [0.15, 0.2) is 0 Å². The van der Waals surface area contributed by atoms with Crippen molar-refractivity contribution in [3.63, 3.8) is 0 Å². The standard InChI is InChI=1S/C15H20N4O/c1-11(2)18-7-5-14(6-8-18)19-10-12-3-4-13(17-20)9-15(12)16-19/h3-4,9-11,14H,5-8H2,1-2H3. The van der Waals surface area contributed by atoms with Crippen molar-refractivity contribution in [2.75, 3.05) is 13.1 Å². The van der Waals surface area contributed by atoms with Crippen molar-refractivity contribution in [1.29, 1.82) is 0 Å². The molecule has 2 aromatic rings. The van der Waals surface area contributed by atoms with Crippen LogP contribution in [0.3, 0.4) is 0 Å². The Bertz CT molecular complexity index is 611. The van der Waals surface area contributed by atoms with Crippen molar-refractivity contribution in [3.8, 4) is 0 Å². The molecule has 0 radical (unpaired) electrons. The van der Waals surface area contributed by atoms with E-state index < -0.39 is 0 Å². The summed E-state index contributed by atoms with van der Waals surface area (Å²) in [7, 11) is 0. The molecule has 1 aromatic heterocycles. The third kappa shape index (κ3) is 2.45. The van der Waals surface area contributed by atoms with E-state index in [1.54, 1.807) is 12.1 Å². The first-order chi connectivity index (χ1) is 9.67. The minimum absolute atomic E-state index is 0.442. The zero-order valence-electron chi connectivity index (χ0n) is 12.0. The van der Waals surface area contributed by atoms with Gasteiger partial charge in [-0.1, -0.05) is 0 Å². The van der Waals surface area contributed by atoms with E-state index in [4.69, 9.17) is 0 Å². The largest absolute Gasteiger partial charge is 0.301 e. The average Bonchev–Trinajstić information content (AvgIpc) is 2.90. The third-order valence-corrected chi connectivity index (χ3v) is 4.22. The van der Waals surface area contributed by atoms with Crippen LogP contribution in [0.15, 0.2) is 29.6 Å². The number of benzene rings is 1. The molecule has 5 nitrogen and oxygen atoms in total. The first-order valence-electron chi connectivity index (χ1n) is 7.23. The van der Waals surface area contributed by atoms with Crippen molar-refractivity contribution < 1.29 is 0 Å². The quantitative estimate of drug-likeness (QED) is 0.804. The minimum atomic E-state index is 0.442. The molecule has 0 atom stereocenters. The summed E-state index contributed by atoms with van der Waals surface area (Å²) in [6.07, 6.45) is 4.34. The second-order valence-corrected chi connectivity index (χ2v) is 5.80. The molecule has 1 aliphatic heterocycles. The van der Waals surface area contributed by atoms with Gasteiger partial charge in [-0.05, 0) is 50.1 Å². The Hall–Kier alpha value is -1.75. The van der Waals surface area contributed by atoms with Gasteiger partial charge >= 0.3 is 0 Å². The Morgan fingerprint density at radius 3 is 2.70 bits per heavy atom. The summed E-state index contributed by atoms with van der Waals surface area (Å²) < 4.78 is 2.07. The van der Waals surface area contributed by atoms with Gasteiger partial charge in [0, 0.05) is 30.7 Å².